The van der Waals surface area contributed by atoms with Crippen LogP contribution in [0.15, 0.2) is 0 Å². The SMILES string of the molecule is O=CNCCCCCS. The lowest BCUT2D eigenvalue weighted by molar-refractivity contribution is -0.109. The standard InChI is InChI=1S/C6H13NOS/c8-6-7-4-2-1-3-5-9/h6,9H,1-5H2,(H,7,8). The predicted molar refractivity (Wildman–Crippen MR) is 41.8 cm³/mol. The van der Waals surface area contributed by atoms with Crippen LogP contribution in [0.25, 0.3) is 0 Å². The predicted octanol–water partition coefficient (Wildman–Crippen LogP) is 0.833. The molecule has 0 radical (unpaired) electrons. The van der Waals surface area contributed by atoms with Crippen LogP contribution in [0.3, 0.4) is 0 Å². The van der Waals surface area contributed by atoms with Gasteiger partial charge in [-0.25, -0.2) is 0 Å². The third-order valence-electron chi connectivity index (χ3n) is 1.06. The first-order valence-electron chi connectivity index (χ1n) is 3.19. The first-order valence-corrected chi connectivity index (χ1v) is 3.83. The highest BCUT2D eigenvalue weighted by Crippen LogP contribution is 1.94. The summed E-state index contributed by atoms with van der Waals surface area (Å²) in [6.45, 7) is 0.803. The molecule has 0 spiro atoms. The number of hydrogen-bond acceptors (Lipinski definition) is 2. The molecule has 0 aromatic rings. The van der Waals surface area contributed by atoms with Crippen LogP contribution in [0, 0.1) is 0 Å². The van der Waals surface area contributed by atoms with Crippen molar-refractivity contribution in [3.05, 3.63) is 0 Å². The second-order valence-electron chi connectivity index (χ2n) is 1.86. The number of carbonyl (C=O) groups is 1. The van der Waals surface area contributed by atoms with Gasteiger partial charge in [0, 0.05) is 6.54 Å². The van der Waals surface area contributed by atoms with Crippen molar-refractivity contribution in [3.63, 3.8) is 0 Å². The highest BCUT2D eigenvalue weighted by Gasteiger charge is 1.84. The molecule has 0 unspecified atom stereocenters. The summed E-state index contributed by atoms with van der Waals surface area (Å²) in [7, 11) is 0. The van der Waals surface area contributed by atoms with E-state index in [0.29, 0.717) is 0 Å². The Bertz CT molecular complexity index is 68.1. The molecule has 0 aromatic carbocycles. The Morgan fingerprint density at radius 2 is 2.11 bits per heavy atom. The van der Waals surface area contributed by atoms with Crippen LogP contribution in [0.5, 0.6) is 0 Å². The quantitative estimate of drug-likeness (QED) is 0.325. The van der Waals surface area contributed by atoms with E-state index in [0.717, 1.165) is 38.0 Å². The van der Waals surface area contributed by atoms with Crippen molar-refractivity contribution in [2.45, 2.75) is 19.3 Å². The van der Waals surface area contributed by atoms with Gasteiger partial charge in [-0.15, -0.1) is 0 Å². The Balaban J connectivity index is 2.66. The van der Waals surface area contributed by atoms with Crippen molar-refractivity contribution in [1.82, 2.24) is 5.32 Å². The van der Waals surface area contributed by atoms with Crippen molar-refractivity contribution in [3.8, 4) is 0 Å². The molecule has 3 heteroatoms. The summed E-state index contributed by atoms with van der Waals surface area (Å²) in [4.78, 5) is 9.71. The lowest BCUT2D eigenvalue weighted by Gasteiger charge is -1.95. The topological polar surface area (TPSA) is 29.1 Å². The smallest absolute Gasteiger partial charge is 0.207 e. The molecule has 9 heavy (non-hydrogen) atoms. The molecule has 1 N–H and O–H groups in total. The molecule has 0 saturated heterocycles. The average molecular weight is 147 g/mol. The van der Waals surface area contributed by atoms with Gasteiger partial charge in [-0.05, 0) is 18.6 Å². The maximum Gasteiger partial charge on any atom is 0.207 e. The Hall–Kier alpha value is -0.180. The molecule has 0 aliphatic heterocycles. The van der Waals surface area contributed by atoms with Crippen molar-refractivity contribution >= 4 is 19.0 Å². The fraction of sp³-hybridized carbons (Fsp3) is 0.833. The van der Waals surface area contributed by atoms with Crippen LogP contribution in [0.4, 0.5) is 0 Å². The van der Waals surface area contributed by atoms with E-state index in [1.807, 2.05) is 0 Å². The number of nitrogens with one attached hydrogen (secondary N) is 1. The molecular weight excluding hydrogens is 134 g/mol. The highest BCUT2D eigenvalue weighted by molar-refractivity contribution is 7.80. The van der Waals surface area contributed by atoms with Crippen LogP contribution in [0.2, 0.25) is 0 Å². The van der Waals surface area contributed by atoms with E-state index >= 15 is 0 Å². The Kier molecular flexibility index (Phi) is 7.66. The summed E-state index contributed by atoms with van der Waals surface area (Å²) in [6.07, 6.45) is 4.11. The van der Waals surface area contributed by atoms with Crippen LogP contribution in [-0.4, -0.2) is 18.7 Å². The first kappa shape index (κ1) is 8.82. The second-order valence-corrected chi connectivity index (χ2v) is 2.30. The van der Waals surface area contributed by atoms with Gasteiger partial charge in [0.1, 0.15) is 0 Å². The fourth-order valence-corrected chi connectivity index (χ4v) is 0.798. The third-order valence-corrected chi connectivity index (χ3v) is 1.38. The number of thiol groups is 1. The van der Waals surface area contributed by atoms with E-state index in [9.17, 15) is 4.79 Å². The van der Waals surface area contributed by atoms with Crippen LogP contribution in [-0.2, 0) is 4.79 Å². The van der Waals surface area contributed by atoms with E-state index in [4.69, 9.17) is 0 Å². The van der Waals surface area contributed by atoms with E-state index < -0.39 is 0 Å². The van der Waals surface area contributed by atoms with Crippen molar-refractivity contribution in [2.75, 3.05) is 12.3 Å². The summed E-state index contributed by atoms with van der Waals surface area (Å²) in [5, 5.41) is 2.60. The number of carbonyl (C=O) groups excluding carboxylic acids is 1. The van der Waals surface area contributed by atoms with Gasteiger partial charge in [-0.1, -0.05) is 6.42 Å². The molecule has 0 aliphatic rings. The molecule has 0 fully saturated rings. The molecule has 0 aromatic heterocycles. The zero-order valence-electron chi connectivity index (χ0n) is 5.47. The number of hydrogen-bond donors (Lipinski definition) is 2. The van der Waals surface area contributed by atoms with Gasteiger partial charge in [-0.2, -0.15) is 12.6 Å². The number of rotatable bonds is 6. The fourth-order valence-electron chi connectivity index (χ4n) is 0.575. The van der Waals surface area contributed by atoms with Crippen LogP contribution in [0.1, 0.15) is 19.3 Å². The molecule has 2 nitrogen and oxygen atoms in total. The van der Waals surface area contributed by atoms with E-state index in [-0.39, 0.29) is 0 Å². The van der Waals surface area contributed by atoms with Gasteiger partial charge in [0.15, 0.2) is 0 Å². The van der Waals surface area contributed by atoms with Crippen molar-refractivity contribution in [2.24, 2.45) is 0 Å². The Labute approximate surface area is 61.4 Å². The van der Waals surface area contributed by atoms with Crippen LogP contribution >= 0.6 is 12.6 Å². The molecule has 0 heterocycles. The number of unbranched alkanes of at least 4 members (excludes halogenated alkanes) is 2. The average Bonchev–Trinajstić information content (AvgIpc) is 1.89. The van der Waals surface area contributed by atoms with E-state index in [2.05, 4.69) is 17.9 Å². The zero-order valence-corrected chi connectivity index (χ0v) is 6.36. The van der Waals surface area contributed by atoms with Gasteiger partial charge in [-0.3, -0.25) is 4.79 Å². The van der Waals surface area contributed by atoms with Gasteiger partial charge < -0.3 is 5.32 Å². The van der Waals surface area contributed by atoms with E-state index in [1.165, 1.54) is 0 Å². The lowest BCUT2D eigenvalue weighted by Crippen LogP contribution is -2.11. The van der Waals surface area contributed by atoms with Gasteiger partial charge >= 0.3 is 0 Å². The molecule has 0 bridgehead atoms. The largest absolute Gasteiger partial charge is 0.359 e. The first-order chi connectivity index (χ1) is 4.41. The molecular formula is C6H13NOS. The minimum atomic E-state index is 0.737. The van der Waals surface area contributed by atoms with Crippen molar-refractivity contribution in [1.29, 1.82) is 0 Å². The molecule has 0 atom stereocenters. The minimum Gasteiger partial charge on any atom is -0.359 e. The van der Waals surface area contributed by atoms with Crippen LogP contribution < -0.4 is 5.32 Å². The molecule has 54 valence electrons. The Morgan fingerprint density at radius 1 is 1.33 bits per heavy atom. The monoisotopic (exact) mass is 147 g/mol. The van der Waals surface area contributed by atoms with Gasteiger partial charge in [0.05, 0.1) is 0 Å². The Morgan fingerprint density at radius 3 is 2.67 bits per heavy atom. The maximum atomic E-state index is 9.71. The zero-order chi connectivity index (χ0) is 6.95. The summed E-state index contributed by atoms with van der Waals surface area (Å²) < 4.78 is 0. The highest BCUT2D eigenvalue weighted by atomic mass is 32.1. The minimum absolute atomic E-state index is 0.737. The molecule has 1 amide bonds. The van der Waals surface area contributed by atoms with E-state index in [1.54, 1.807) is 0 Å². The second kappa shape index (κ2) is 7.82. The summed E-state index contributed by atoms with van der Waals surface area (Å²) >= 11 is 4.06. The summed E-state index contributed by atoms with van der Waals surface area (Å²) in [5.41, 5.74) is 0. The summed E-state index contributed by atoms with van der Waals surface area (Å²) in [6, 6.07) is 0. The van der Waals surface area contributed by atoms with Crippen molar-refractivity contribution < 1.29 is 4.79 Å². The summed E-state index contributed by atoms with van der Waals surface area (Å²) in [5.74, 6) is 0.946. The van der Waals surface area contributed by atoms with Gasteiger partial charge in [0.2, 0.25) is 6.41 Å². The molecule has 0 saturated carbocycles. The lowest BCUT2D eigenvalue weighted by atomic mass is 10.2. The maximum absolute atomic E-state index is 9.71. The normalized spacial score (nSPS) is 9.00. The molecule has 0 rings (SSSR count). The molecule has 0 aliphatic carbocycles. The third kappa shape index (κ3) is 7.82. The van der Waals surface area contributed by atoms with Gasteiger partial charge in [0.25, 0.3) is 0 Å². The number of amides is 1.